The van der Waals surface area contributed by atoms with Crippen molar-refractivity contribution >= 4 is 0 Å². The first-order chi connectivity index (χ1) is 8.96. The number of halogens is 3. The van der Waals surface area contributed by atoms with Gasteiger partial charge >= 0.3 is 6.18 Å². The Morgan fingerprint density at radius 3 is 2.68 bits per heavy atom. The van der Waals surface area contributed by atoms with E-state index in [9.17, 15) is 13.2 Å². The van der Waals surface area contributed by atoms with Crippen molar-refractivity contribution < 1.29 is 22.6 Å². The van der Waals surface area contributed by atoms with Gasteiger partial charge in [0.2, 0.25) is 0 Å². The molecule has 7 heteroatoms. The summed E-state index contributed by atoms with van der Waals surface area (Å²) in [6, 6.07) is 0.175. The van der Waals surface area contributed by atoms with E-state index in [4.69, 9.17) is 15.2 Å². The number of ether oxygens (including phenoxy) is 2. The number of hydrogen-bond acceptors (Lipinski definition) is 4. The second-order valence-electron chi connectivity index (χ2n) is 3.96. The number of methoxy groups -OCH3 is 1. The molecule has 0 fully saturated rings. The van der Waals surface area contributed by atoms with Crippen LogP contribution in [-0.2, 0) is 15.7 Å². The average Bonchev–Trinajstić information content (AvgIpc) is 2.37. The highest BCUT2D eigenvalue weighted by Gasteiger charge is 2.34. The number of hydrogen-bond donors (Lipinski definition) is 1. The largest absolute Gasteiger partial charge is 0.416 e. The van der Waals surface area contributed by atoms with Gasteiger partial charge in [-0.05, 0) is 18.1 Å². The van der Waals surface area contributed by atoms with E-state index in [0.29, 0.717) is 19.6 Å². The third-order valence-electron chi connectivity index (χ3n) is 2.56. The number of rotatable bonds is 7. The van der Waals surface area contributed by atoms with Crippen LogP contribution in [0.25, 0.3) is 0 Å². The predicted octanol–water partition coefficient (Wildman–Crippen LogP) is 2.15. The minimum absolute atomic E-state index is 0.00894. The number of nitrogens with zero attached hydrogens (tertiary/aromatic N) is 1. The second-order valence-corrected chi connectivity index (χ2v) is 3.96. The normalized spacial score (nSPS) is 13.5. The molecular weight excluding hydrogens is 261 g/mol. The fourth-order valence-corrected chi connectivity index (χ4v) is 1.57. The van der Waals surface area contributed by atoms with Crippen LogP contribution in [0.3, 0.4) is 0 Å². The maximum Gasteiger partial charge on any atom is 0.416 e. The predicted molar refractivity (Wildman–Crippen MR) is 63.5 cm³/mol. The van der Waals surface area contributed by atoms with Crippen LogP contribution in [0.5, 0.6) is 0 Å². The van der Waals surface area contributed by atoms with E-state index in [1.54, 1.807) is 7.11 Å². The summed E-state index contributed by atoms with van der Waals surface area (Å²) < 4.78 is 48.3. The molecule has 1 heterocycles. The van der Waals surface area contributed by atoms with E-state index < -0.39 is 17.8 Å². The minimum atomic E-state index is -4.42. The SMILES string of the molecule is COCCOCCC(N)c1cnccc1C(F)(F)F. The van der Waals surface area contributed by atoms with Crippen LogP contribution >= 0.6 is 0 Å². The van der Waals surface area contributed by atoms with E-state index in [2.05, 4.69) is 4.98 Å². The molecule has 108 valence electrons. The van der Waals surface area contributed by atoms with Gasteiger partial charge in [-0.25, -0.2) is 0 Å². The van der Waals surface area contributed by atoms with Crippen molar-refractivity contribution in [2.75, 3.05) is 26.9 Å². The second kappa shape index (κ2) is 7.42. The highest BCUT2D eigenvalue weighted by molar-refractivity contribution is 5.28. The summed E-state index contributed by atoms with van der Waals surface area (Å²) in [5.74, 6) is 0. The zero-order valence-corrected chi connectivity index (χ0v) is 10.6. The number of pyridine rings is 1. The summed E-state index contributed by atoms with van der Waals surface area (Å²) in [5.41, 5.74) is 5.00. The Morgan fingerprint density at radius 2 is 2.05 bits per heavy atom. The first-order valence-electron chi connectivity index (χ1n) is 5.80. The Hall–Kier alpha value is -1.18. The molecule has 0 bridgehead atoms. The van der Waals surface area contributed by atoms with Crippen LogP contribution in [0.15, 0.2) is 18.5 Å². The van der Waals surface area contributed by atoms with E-state index in [-0.39, 0.29) is 12.2 Å². The van der Waals surface area contributed by atoms with Crippen LogP contribution in [-0.4, -0.2) is 31.9 Å². The zero-order valence-electron chi connectivity index (χ0n) is 10.6. The minimum Gasteiger partial charge on any atom is -0.382 e. The molecule has 0 radical (unpaired) electrons. The third kappa shape index (κ3) is 5.14. The third-order valence-corrected chi connectivity index (χ3v) is 2.56. The highest BCUT2D eigenvalue weighted by atomic mass is 19.4. The lowest BCUT2D eigenvalue weighted by Gasteiger charge is -2.17. The number of nitrogens with two attached hydrogens (primary N) is 1. The van der Waals surface area contributed by atoms with Crippen LogP contribution in [0.2, 0.25) is 0 Å². The van der Waals surface area contributed by atoms with Crippen molar-refractivity contribution in [3.05, 3.63) is 29.6 Å². The zero-order chi connectivity index (χ0) is 14.3. The van der Waals surface area contributed by atoms with Crippen LogP contribution in [0.4, 0.5) is 13.2 Å². The highest BCUT2D eigenvalue weighted by Crippen LogP contribution is 2.34. The van der Waals surface area contributed by atoms with Gasteiger partial charge in [-0.2, -0.15) is 13.2 Å². The fourth-order valence-electron chi connectivity index (χ4n) is 1.57. The van der Waals surface area contributed by atoms with Gasteiger partial charge in [0.1, 0.15) is 0 Å². The standard InChI is InChI=1S/C12H17F3N2O2/c1-18-6-7-19-5-3-11(16)9-8-17-4-2-10(9)12(13,14)15/h2,4,8,11H,3,5-7,16H2,1H3. The number of aromatic nitrogens is 1. The lowest BCUT2D eigenvalue weighted by Crippen LogP contribution is -2.19. The molecule has 0 aliphatic carbocycles. The molecule has 19 heavy (non-hydrogen) atoms. The topological polar surface area (TPSA) is 57.4 Å². The monoisotopic (exact) mass is 278 g/mol. The van der Waals surface area contributed by atoms with Crippen molar-refractivity contribution in [1.29, 1.82) is 0 Å². The Kier molecular flexibility index (Phi) is 6.20. The molecule has 1 aromatic rings. The molecule has 0 spiro atoms. The summed E-state index contributed by atoms with van der Waals surface area (Å²) in [6.45, 7) is 1.11. The first kappa shape index (κ1) is 15.9. The Labute approximate surface area is 109 Å². The van der Waals surface area contributed by atoms with Gasteiger partial charge in [-0.15, -0.1) is 0 Å². The van der Waals surface area contributed by atoms with Gasteiger partial charge in [0.25, 0.3) is 0 Å². The lowest BCUT2D eigenvalue weighted by atomic mass is 10.0. The number of alkyl halides is 3. The molecular formula is C12H17F3N2O2. The molecule has 1 atom stereocenters. The van der Waals surface area contributed by atoms with Crippen molar-refractivity contribution in [3.8, 4) is 0 Å². The van der Waals surface area contributed by atoms with Crippen molar-refractivity contribution in [3.63, 3.8) is 0 Å². The smallest absolute Gasteiger partial charge is 0.382 e. The van der Waals surface area contributed by atoms with Gasteiger partial charge in [0.15, 0.2) is 0 Å². The Morgan fingerprint density at radius 1 is 1.32 bits per heavy atom. The molecule has 0 amide bonds. The average molecular weight is 278 g/mol. The van der Waals surface area contributed by atoms with Gasteiger partial charge in [0, 0.05) is 32.2 Å². The summed E-state index contributed by atoms with van der Waals surface area (Å²) >= 11 is 0. The molecule has 1 unspecified atom stereocenters. The molecule has 0 aliphatic rings. The molecule has 0 saturated carbocycles. The molecule has 0 aromatic carbocycles. The maximum absolute atomic E-state index is 12.8. The van der Waals surface area contributed by atoms with Crippen molar-refractivity contribution in [1.82, 2.24) is 4.98 Å². The lowest BCUT2D eigenvalue weighted by molar-refractivity contribution is -0.138. The quantitative estimate of drug-likeness (QED) is 0.776. The molecule has 2 N–H and O–H groups in total. The Bertz CT molecular complexity index is 385. The van der Waals surface area contributed by atoms with E-state index >= 15 is 0 Å². The van der Waals surface area contributed by atoms with E-state index in [1.807, 2.05) is 0 Å². The summed E-state index contributed by atoms with van der Waals surface area (Å²) in [6.07, 6.45) is -1.87. The maximum atomic E-state index is 12.8. The summed E-state index contributed by atoms with van der Waals surface area (Å²) in [4.78, 5) is 3.70. The van der Waals surface area contributed by atoms with Gasteiger partial charge in [0.05, 0.1) is 18.8 Å². The Balaban J connectivity index is 2.59. The molecule has 0 aliphatic heterocycles. The molecule has 4 nitrogen and oxygen atoms in total. The molecule has 1 rings (SSSR count). The van der Waals surface area contributed by atoms with Crippen molar-refractivity contribution in [2.24, 2.45) is 5.73 Å². The fraction of sp³-hybridized carbons (Fsp3) is 0.583. The van der Waals surface area contributed by atoms with E-state index in [1.165, 1.54) is 0 Å². The summed E-state index contributed by atoms with van der Waals surface area (Å²) in [7, 11) is 1.54. The first-order valence-corrected chi connectivity index (χ1v) is 5.80. The molecule has 0 saturated heterocycles. The van der Waals surface area contributed by atoms with Gasteiger partial charge in [-0.3, -0.25) is 4.98 Å². The van der Waals surface area contributed by atoms with E-state index in [0.717, 1.165) is 18.5 Å². The van der Waals surface area contributed by atoms with Crippen LogP contribution in [0.1, 0.15) is 23.6 Å². The molecule has 1 aromatic heterocycles. The van der Waals surface area contributed by atoms with Gasteiger partial charge in [-0.1, -0.05) is 0 Å². The van der Waals surface area contributed by atoms with Crippen LogP contribution < -0.4 is 5.73 Å². The van der Waals surface area contributed by atoms with Crippen LogP contribution in [0, 0.1) is 0 Å². The van der Waals surface area contributed by atoms with Gasteiger partial charge < -0.3 is 15.2 Å². The summed E-state index contributed by atoms with van der Waals surface area (Å²) in [5, 5.41) is 0. The van der Waals surface area contributed by atoms with Crippen molar-refractivity contribution in [2.45, 2.75) is 18.6 Å².